The normalized spacial score (nSPS) is 24.5. The molecule has 0 spiro atoms. The van der Waals surface area contributed by atoms with Crippen LogP contribution >= 0.6 is 0 Å². The van der Waals surface area contributed by atoms with Gasteiger partial charge in [-0.3, -0.25) is 5.41 Å². The Morgan fingerprint density at radius 3 is 2.58 bits per heavy atom. The highest BCUT2D eigenvalue weighted by atomic mass is 16.5. The number of nitrogens with one attached hydrogen (secondary N) is 2. The molecule has 2 aliphatic carbocycles. The lowest BCUT2D eigenvalue weighted by Gasteiger charge is -2.37. The van der Waals surface area contributed by atoms with Gasteiger partial charge in [0.2, 0.25) is 11.8 Å². The molecular weight excluding hydrogens is 502 g/mol. The van der Waals surface area contributed by atoms with Crippen LogP contribution in [-0.4, -0.2) is 58.3 Å². The Bertz CT molecular complexity index is 1310. The molecule has 3 fully saturated rings. The number of fused-ring (bicyclic) bond motifs is 1. The standard InChI is InChI=1S/C31H43N7O2/c1-20-12-14-22(15-13-20)18-38-26-28(33-21(2)23-10-7-11-23)34-30(27(32)39-3)35-29(26)36-31(38)37-16-17-40-19-25(37)24-8-5-4-6-9-24/h4-6,8-9,20-23,25,32H,7,10-19H2,1-3H3,(H,33,34,35)/t20-,21-,22-,25+/m1/s1. The van der Waals surface area contributed by atoms with E-state index in [-0.39, 0.29) is 23.8 Å². The number of hydrogen-bond donors (Lipinski definition) is 2. The van der Waals surface area contributed by atoms with Crippen molar-refractivity contribution in [1.29, 1.82) is 5.41 Å². The van der Waals surface area contributed by atoms with Crippen molar-refractivity contribution in [3.8, 4) is 0 Å². The van der Waals surface area contributed by atoms with Gasteiger partial charge in [0.15, 0.2) is 11.5 Å². The number of imidazole rings is 1. The summed E-state index contributed by atoms with van der Waals surface area (Å²) in [4.78, 5) is 17.3. The molecule has 0 radical (unpaired) electrons. The lowest BCUT2D eigenvalue weighted by Crippen LogP contribution is -2.41. The number of anilines is 2. The van der Waals surface area contributed by atoms with Crippen LogP contribution in [0.2, 0.25) is 0 Å². The van der Waals surface area contributed by atoms with Gasteiger partial charge in [0.25, 0.3) is 5.90 Å². The van der Waals surface area contributed by atoms with Crippen LogP contribution in [0, 0.1) is 23.2 Å². The van der Waals surface area contributed by atoms with Gasteiger partial charge in [-0.15, -0.1) is 0 Å². The highest BCUT2D eigenvalue weighted by molar-refractivity contribution is 5.93. The van der Waals surface area contributed by atoms with Crippen LogP contribution in [-0.2, 0) is 16.0 Å². The molecule has 0 bridgehead atoms. The van der Waals surface area contributed by atoms with Crippen molar-refractivity contribution < 1.29 is 9.47 Å². The van der Waals surface area contributed by atoms with Gasteiger partial charge in [-0.2, -0.15) is 4.98 Å². The summed E-state index contributed by atoms with van der Waals surface area (Å²) in [5, 5.41) is 12.1. The second-order valence-corrected chi connectivity index (χ2v) is 12.1. The van der Waals surface area contributed by atoms with E-state index in [0.29, 0.717) is 30.7 Å². The van der Waals surface area contributed by atoms with E-state index in [1.54, 1.807) is 0 Å². The number of ether oxygens (including phenoxy) is 2. The van der Waals surface area contributed by atoms with E-state index in [1.807, 2.05) is 0 Å². The van der Waals surface area contributed by atoms with Gasteiger partial charge >= 0.3 is 0 Å². The molecule has 9 heteroatoms. The van der Waals surface area contributed by atoms with E-state index in [4.69, 9.17) is 29.8 Å². The van der Waals surface area contributed by atoms with Crippen LogP contribution in [0.1, 0.15) is 76.2 Å². The van der Waals surface area contributed by atoms with E-state index < -0.39 is 0 Å². The van der Waals surface area contributed by atoms with Crippen molar-refractivity contribution in [3.05, 3.63) is 41.7 Å². The number of morpholine rings is 1. The molecule has 9 nitrogen and oxygen atoms in total. The summed E-state index contributed by atoms with van der Waals surface area (Å²) >= 11 is 0. The van der Waals surface area contributed by atoms with Gasteiger partial charge in [-0.1, -0.05) is 56.5 Å². The number of hydrogen-bond acceptors (Lipinski definition) is 8. The Hall–Kier alpha value is -3.20. The summed E-state index contributed by atoms with van der Waals surface area (Å²) < 4.78 is 13.6. The van der Waals surface area contributed by atoms with Crippen LogP contribution in [0.15, 0.2) is 30.3 Å². The van der Waals surface area contributed by atoms with Crippen molar-refractivity contribution >= 4 is 28.8 Å². The quantitative estimate of drug-likeness (QED) is 0.272. The highest BCUT2D eigenvalue weighted by Gasteiger charge is 2.33. The van der Waals surface area contributed by atoms with E-state index in [0.717, 1.165) is 36.3 Å². The third-order valence-corrected chi connectivity index (χ3v) is 9.36. The topological polar surface area (TPSA) is 101 Å². The van der Waals surface area contributed by atoms with Crippen molar-refractivity contribution in [2.24, 2.45) is 17.8 Å². The van der Waals surface area contributed by atoms with Gasteiger partial charge in [0.05, 0.1) is 26.4 Å². The van der Waals surface area contributed by atoms with E-state index in [2.05, 4.69) is 59.0 Å². The van der Waals surface area contributed by atoms with Crippen LogP contribution in [0.3, 0.4) is 0 Å². The average molecular weight is 546 g/mol. The first-order valence-corrected chi connectivity index (χ1v) is 15.1. The van der Waals surface area contributed by atoms with Gasteiger partial charge in [-0.05, 0) is 55.9 Å². The minimum atomic E-state index is -0.0489. The fourth-order valence-corrected chi connectivity index (χ4v) is 6.55. The molecule has 0 unspecified atom stereocenters. The summed E-state index contributed by atoms with van der Waals surface area (Å²) in [6.07, 6.45) is 8.75. The van der Waals surface area contributed by atoms with Gasteiger partial charge < -0.3 is 24.3 Å². The molecule has 2 saturated carbocycles. The molecule has 0 amide bonds. The molecule has 214 valence electrons. The molecule has 6 rings (SSSR count). The molecule has 3 aromatic rings. The fourth-order valence-electron chi connectivity index (χ4n) is 6.55. The number of methoxy groups -OCH3 is 1. The van der Waals surface area contributed by atoms with Crippen LogP contribution in [0.25, 0.3) is 11.2 Å². The third-order valence-electron chi connectivity index (χ3n) is 9.36. The largest absolute Gasteiger partial charge is 0.479 e. The Balaban J connectivity index is 1.48. The van der Waals surface area contributed by atoms with Crippen LogP contribution < -0.4 is 10.2 Å². The molecule has 2 aromatic heterocycles. The Morgan fingerprint density at radius 1 is 1.10 bits per heavy atom. The van der Waals surface area contributed by atoms with Gasteiger partial charge in [-0.25, -0.2) is 9.97 Å². The summed E-state index contributed by atoms with van der Waals surface area (Å²) in [7, 11) is 1.49. The van der Waals surface area contributed by atoms with Crippen molar-refractivity contribution in [2.75, 3.05) is 37.1 Å². The third kappa shape index (κ3) is 5.40. The van der Waals surface area contributed by atoms with E-state index in [1.165, 1.54) is 57.6 Å². The van der Waals surface area contributed by atoms with Crippen molar-refractivity contribution in [1.82, 2.24) is 19.5 Å². The number of benzene rings is 1. The molecular formula is C31H43N7O2. The van der Waals surface area contributed by atoms with E-state index >= 15 is 0 Å². The van der Waals surface area contributed by atoms with E-state index in [9.17, 15) is 0 Å². The predicted molar refractivity (Wildman–Crippen MR) is 158 cm³/mol. The Kier molecular flexibility index (Phi) is 7.91. The maximum absolute atomic E-state index is 8.35. The number of aromatic nitrogens is 4. The summed E-state index contributed by atoms with van der Waals surface area (Å²) in [5.74, 6) is 3.90. The molecule has 3 heterocycles. The summed E-state index contributed by atoms with van der Waals surface area (Å²) in [5.41, 5.74) is 2.77. The lowest BCUT2D eigenvalue weighted by atomic mass is 9.80. The Morgan fingerprint density at radius 2 is 1.88 bits per heavy atom. The Labute approximate surface area is 237 Å². The van der Waals surface area contributed by atoms with Gasteiger partial charge in [0.1, 0.15) is 5.52 Å². The fraction of sp³-hybridized carbons (Fsp3) is 0.613. The average Bonchev–Trinajstić information content (AvgIpc) is 3.31. The highest BCUT2D eigenvalue weighted by Crippen LogP contribution is 2.38. The van der Waals surface area contributed by atoms with Crippen molar-refractivity contribution in [3.63, 3.8) is 0 Å². The smallest absolute Gasteiger partial charge is 0.252 e. The summed E-state index contributed by atoms with van der Waals surface area (Å²) in [6, 6.07) is 10.9. The molecule has 1 aliphatic heterocycles. The second kappa shape index (κ2) is 11.7. The SMILES string of the molecule is COC(=N)c1nc(N[C@H](C)C2CCC2)c2c(n1)nc(N1CCOC[C@H]1c1ccccc1)n2C[C@H]1CC[C@H](C)CC1. The molecule has 2 N–H and O–H groups in total. The molecule has 1 saturated heterocycles. The van der Waals surface area contributed by atoms with Crippen molar-refractivity contribution in [2.45, 2.75) is 77.4 Å². The molecule has 1 aromatic carbocycles. The summed E-state index contributed by atoms with van der Waals surface area (Å²) in [6.45, 7) is 7.52. The first-order chi connectivity index (χ1) is 19.5. The monoisotopic (exact) mass is 545 g/mol. The molecule has 3 aliphatic rings. The number of rotatable bonds is 8. The maximum Gasteiger partial charge on any atom is 0.252 e. The van der Waals surface area contributed by atoms with Crippen LogP contribution in [0.5, 0.6) is 0 Å². The lowest BCUT2D eigenvalue weighted by molar-refractivity contribution is 0.0927. The molecule has 2 atom stereocenters. The number of nitrogens with zero attached hydrogens (tertiary/aromatic N) is 5. The zero-order chi connectivity index (χ0) is 27.6. The molecule has 40 heavy (non-hydrogen) atoms. The van der Waals surface area contributed by atoms with Gasteiger partial charge in [0, 0.05) is 19.1 Å². The second-order valence-electron chi connectivity index (χ2n) is 12.1. The minimum Gasteiger partial charge on any atom is -0.479 e. The van der Waals surface area contributed by atoms with Crippen LogP contribution in [0.4, 0.5) is 11.8 Å². The predicted octanol–water partition coefficient (Wildman–Crippen LogP) is 5.80. The zero-order valence-corrected chi connectivity index (χ0v) is 24.1. The maximum atomic E-state index is 8.35. The minimum absolute atomic E-state index is 0.0489. The first-order valence-electron chi connectivity index (χ1n) is 15.1. The zero-order valence-electron chi connectivity index (χ0n) is 24.1. The first kappa shape index (κ1) is 27.0.